The molecule has 0 aliphatic heterocycles. The van der Waals surface area contributed by atoms with Crippen LogP contribution in [0.4, 0.5) is 0 Å². The van der Waals surface area contributed by atoms with Gasteiger partial charge in [0.25, 0.3) is 0 Å². The second kappa shape index (κ2) is 2.22. The molecule has 0 saturated carbocycles. The second-order valence-corrected chi connectivity index (χ2v) is 2.77. The van der Waals surface area contributed by atoms with Crippen molar-refractivity contribution in [2.24, 2.45) is 11.8 Å². The quantitative estimate of drug-likeness (QED) is 0.417. The molecular weight excluding hydrogens is 96.1 g/mol. The maximum atomic E-state index is 3.16. The highest BCUT2D eigenvalue weighted by Crippen LogP contribution is 2.17. The van der Waals surface area contributed by atoms with Crippen molar-refractivity contribution in [2.75, 3.05) is 0 Å². The molecule has 44 valence electrons. The molecule has 0 bridgehead atoms. The van der Waals surface area contributed by atoms with Gasteiger partial charge in [-0.15, -0.1) is 11.8 Å². The van der Waals surface area contributed by atoms with Crippen LogP contribution in [-0.4, -0.2) is 0 Å². The molecule has 0 heteroatoms. The molecule has 0 aromatic heterocycles. The van der Waals surface area contributed by atoms with Gasteiger partial charge in [-0.25, -0.2) is 0 Å². The van der Waals surface area contributed by atoms with Crippen LogP contribution in [0.2, 0.25) is 0 Å². The molecule has 8 heavy (non-hydrogen) atoms. The molecule has 0 N–H and O–H groups in total. The van der Waals surface area contributed by atoms with Crippen LogP contribution in [0.15, 0.2) is 0 Å². The van der Waals surface area contributed by atoms with Gasteiger partial charge in [0.2, 0.25) is 0 Å². The lowest BCUT2D eigenvalue weighted by Crippen LogP contribution is -2.04. The van der Waals surface area contributed by atoms with Gasteiger partial charge >= 0.3 is 0 Å². The van der Waals surface area contributed by atoms with Crippen molar-refractivity contribution in [1.29, 1.82) is 0 Å². The maximum Gasteiger partial charge on any atom is 0.0177 e. The summed E-state index contributed by atoms with van der Waals surface area (Å²) in [5, 5.41) is 0. The zero-order valence-corrected chi connectivity index (χ0v) is 5.57. The topological polar surface area (TPSA) is 0 Å². The van der Waals surface area contributed by atoms with E-state index in [1.165, 1.54) is 6.42 Å². The Labute approximate surface area is 51.3 Å². The summed E-state index contributed by atoms with van der Waals surface area (Å²) in [6, 6.07) is 0. The van der Waals surface area contributed by atoms with Gasteiger partial charge in [-0.05, 0) is 12.3 Å². The lowest BCUT2D eigenvalue weighted by atomic mass is 9.91. The fraction of sp³-hybridized carbons (Fsp3) is 0.750. The van der Waals surface area contributed by atoms with Gasteiger partial charge in [-0.2, -0.15) is 0 Å². The van der Waals surface area contributed by atoms with E-state index in [0.717, 1.165) is 12.3 Å². The van der Waals surface area contributed by atoms with Gasteiger partial charge in [0.15, 0.2) is 0 Å². The molecule has 1 unspecified atom stereocenters. The van der Waals surface area contributed by atoms with Crippen LogP contribution in [0.1, 0.15) is 26.7 Å². The molecule has 0 spiro atoms. The van der Waals surface area contributed by atoms with Crippen LogP contribution in [-0.2, 0) is 0 Å². The first-order valence-electron chi connectivity index (χ1n) is 3.27. The minimum atomic E-state index is 0.652. The third-order valence-electron chi connectivity index (χ3n) is 1.55. The van der Waals surface area contributed by atoms with Gasteiger partial charge in [-0.3, -0.25) is 0 Å². The van der Waals surface area contributed by atoms with Crippen LogP contribution in [0.3, 0.4) is 0 Å². The molecule has 2 atom stereocenters. The molecule has 0 aromatic rings. The van der Waals surface area contributed by atoms with Crippen molar-refractivity contribution in [1.82, 2.24) is 0 Å². The Morgan fingerprint density at radius 1 is 1.38 bits per heavy atom. The van der Waals surface area contributed by atoms with E-state index in [-0.39, 0.29) is 0 Å². The molecule has 1 rings (SSSR count). The van der Waals surface area contributed by atoms with Crippen molar-refractivity contribution in [3.05, 3.63) is 0 Å². The van der Waals surface area contributed by atoms with Crippen LogP contribution < -0.4 is 0 Å². The highest BCUT2D eigenvalue weighted by atomic mass is 14.1. The number of rotatable bonds is 0. The standard InChI is InChI=1S/C8H12/c1-7-4-3-5-8(2)6-7/h7-8H,4,6H2,1-2H3/t7?,8-/m1/s1. The van der Waals surface area contributed by atoms with Crippen LogP contribution in [0.25, 0.3) is 0 Å². The third-order valence-corrected chi connectivity index (χ3v) is 1.55. The zero-order valence-electron chi connectivity index (χ0n) is 5.57. The first kappa shape index (κ1) is 5.69. The first-order valence-corrected chi connectivity index (χ1v) is 3.27. The van der Waals surface area contributed by atoms with Crippen LogP contribution in [0, 0.1) is 23.7 Å². The fourth-order valence-corrected chi connectivity index (χ4v) is 1.15. The van der Waals surface area contributed by atoms with Gasteiger partial charge in [0.1, 0.15) is 0 Å². The van der Waals surface area contributed by atoms with Crippen molar-refractivity contribution in [3.8, 4) is 11.8 Å². The summed E-state index contributed by atoms with van der Waals surface area (Å²) in [7, 11) is 0. The SMILES string of the molecule is CC1CC#C[C@@H](C)C1. The van der Waals surface area contributed by atoms with Gasteiger partial charge in [0, 0.05) is 12.3 Å². The molecule has 0 amide bonds. The average molecular weight is 108 g/mol. The van der Waals surface area contributed by atoms with E-state index < -0.39 is 0 Å². The van der Waals surface area contributed by atoms with E-state index in [4.69, 9.17) is 0 Å². The second-order valence-electron chi connectivity index (χ2n) is 2.77. The van der Waals surface area contributed by atoms with E-state index in [9.17, 15) is 0 Å². The van der Waals surface area contributed by atoms with E-state index >= 15 is 0 Å². The number of hydrogen-bond donors (Lipinski definition) is 0. The molecule has 0 saturated heterocycles. The lowest BCUT2D eigenvalue weighted by Gasteiger charge is -2.13. The smallest absolute Gasteiger partial charge is 0.0177 e. The van der Waals surface area contributed by atoms with Crippen LogP contribution in [0.5, 0.6) is 0 Å². The molecular formula is C8H12. The van der Waals surface area contributed by atoms with Crippen molar-refractivity contribution in [2.45, 2.75) is 26.7 Å². The van der Waals surface area contributed by atoms with Crippen molar-refractivity contribution < 1.29 is 0 Å². The molecule has 0 radical (unpaired) electrons. The van der Waals surface area contributed by atoms with Gasteiger partial charge < -0.3 is 0 Å². The van der Waals surface area contributed by atoms with E-state index in [0.29, 0.717) is 5.92 Å². The Bertz CT molecular complexity index is 125. The van der Waals surface area contributed by atoms with Crippen molar-refractivity contribution >= 4 is 0 Å². The highest BCUT2D eigenvalue weighted by Gasteiger charge is 2.07. The fourth-order valence-electron chi connectivity index (χ4n) is 1.15. The van der Waals surface area contributed by atoms with E-state index in [2.05, 4.69) is 25.7 Å². The summed E-state index contributed by atoms with van der Waals surface area (Å²) in [4.78, 5) is 0. The Morgan fingerprint density at radius 3 is 2.50 bits per heavy atom. The molecule has 0 fully saturated rings. The minimum absolute atomic E-state index is 0.652. The lowest BCUT2D eigenvalue weighted by molar-refractivity contribution is 0.471. The highest BCUT2D eigenvalue weighted by molar-refractivity contribution is 5.07. The zero-order chi connectivity index (χ0) is 5.98. The molecule has 0 nitrogen and oxygen atoms in total. The van der Waals surface area contributed by atoms with E-state index in [1.807, 2.05) is 0 Å². The average Bonchev–Trinajstić information content (AvgIpc) is 1.64. The summed E-state index contributed by atoms with van der Waals surface area (Å²) in [6.45, 7) is 4.47. The Kier molecular flexibility index (Phi) is 1.58. The van der Waals surface area contributed by atoms with Crippen LogP contribution >= 0.6 is 0 Å². The summed E-state index contributed by atoms with van der Waals surface area (Å²) in [5.41, 5.74) is 0. The molecule has 1 aliphatic carbocycles. The summed E-state index contributed by atoms with van der Waals surface area (Å²) in [6.07, 6.45) is 2.41. The predicted octanol–water partition coefficient (Wildman–Crippen LogP) is 2.06. The Morgan fingerprint density at radius 2 is 2.12 bits per heavy atom. The summed E-state index contributed by atoms with van der Waals surface area (Å²) < 4.78 is 0. The van der Waals surface area contributed by atoms with Gasteiger partial charge in [0.05, 0.1) is 0 Å². The first-order chi connectivity index (χ1) is 3.79. The Balaban J connectivity index is 2.49. The predicted molar refractivity (Wildman–Crippen MR) is 35.3 cm³/mol. The van der Waals surface area contributed by atoms with Gasteiger partial charge in [-0.1, -0.05) is 13.8 Å². The molecule has 0 heterocycles. The van der Waals surface area contributed by atoms with Crippen molar-refractivity contribution in [3.63, 3.8) is 0 Å². The number of hydrogen-bond acceptors (Lipinski definition) is 0. The normalized spacial score (nSPS) is 35.8. The summed E-state index contributed by atoms with van der Waals surface area (Å²) in [5.74, 6) is 7.79. The largest absolute Gasteiger partial charge is 0.103 e. The Hall–Kier alpha value is -0.440. The maximum absolute atomic E-state index is 3.16. The summed E-state index contributed by atoms with van der Waals surface area (Å²) >= 11 is 0. The third kappa shape index (κ3) is 1.26. The monoisotopic (exact) mass is 108 g/mol. The molecule has 1 aliphatic rings. The minimum Gasteiger partial charge on any atom is -0.103 e. The molecule has 0 aromatic carbocycles. The van der Waals surface area contributed by atoms with E-state index in [1.54, 1.807) is 0 Å².